The quantitative estimate of drug-likeness (QED) is 0.467. The molecule has 0 fully saturated rings. The summed E-state index contributed by atoms with van der Waals surface area (Å²) in [5, 5.41) is 12.5. The van der Waals surface area contributed by atoms with E-state index in [4.69, 9.17) is 0 Å². The lowest BCUT2D eigenvalue weighted by Gasteiger charge is -2.16. The monoisotopic (exact) mass is 426 g/mol. The second kappa shape index (κ2) is 10.4. The summed E-state index contributed by atoms with van der Waals surface area (Å²) >= 11 is 1.53. The maximum Gasteiger partial charge on any atom is 0.220 e. The number of carbonyl (C=O) groups excluding carboxylic acids is 1. The fraction of sp³-hybridized carbons (Fsp3) is 0.348. The van der Waals surface area contributed by atoms with Gasteiger partial charge in [0, 0.05) is 17.9 Å². The summed E-state index contributed by atoms with van der Waals surface area (Å²) in [4.78, 5) is 12.2. The minimum absolute atomic E-state index is 0.0170. The average molecular weight is 427 g/mol. The molecule has 0 spiro atoms. The van der Waals surface area contributed by atoms with E-state index in [0.29, 0.717) is 18.0 Å². The fourth-order valence-corrected chi connectivity index (χ4v) is 3.95. The standard InChI is InChI=1S/C23H27FN4OS/c1-4-5-6-21(29)25-17(3)22-26-27-23(28(22)20-13-7-16(2)8-14-20)30-15-18-9-11-19(24)12-10-18/h7-14,17H,4-6,15H2,1-3H3,(H,25,29)/t17-/m0/s1. The van der Waals surface area contributed by atoms with Crippen LogP contribution in [-0.4, -0.2) is 20.7 Å². The second-order valence-electron chi connectivity index (χ2n) is 7.32. The van der Waals surface area contributed by atoms with Crippen molar-refractivity contribution in [2.75, 3.05) is 0 Å². The summed E-state index contributed by atoms with van der Waals surface area (Å²) in [5.41, 5.74) is 3.11. The van der Waals surface area contributed by atoms with Crippen LogP contribution in [0.25, 0.3) is 5.69 Å². The smallest absolute Gasteiger partial charge is 0.220 e. The number of carbonyl (C=O) groups is 1. The topological polar surface area (TPSA) is 59.8 Å². The van der Waals surface area contributed by atoms with E-state index in [0.717, 1.165) is 34.8 Å². The second-order valence-corrected chi connectivity index (χ2v) is 8.26. The summed E-state index contributed by atoms with van der Waals surface area (Å²) in [6.07, 6.45) is 2.35. The van der Waals surface area contributed by atoms with Crippen LogP contribution in [0.15, 0.2) is 53.7 Å². The van der Waals surface area contributed by atoms with Crippen LogP contribution in [0.4, 0.5) is 4.39 Å². The van der Waals surface area contributed by atoms with Crippen LogP contribution in [0.5, 0.6) is 0 Å². The Kier molecular flexibility index (Phi) is 7.63. The number of amides is 1. The maximum atomic E-state index is 13.2. The number of unbranched alkanes of at least 4 members (excludes halogenated alkanes) is 1. The fourth-order valence-electron chi connectivity index (χ4n) is 3.04. The molecule has 1 heterocycles. The van der Waals surface area contributed by atoms with Crippen molar-refractivity contribution in [3.05, 3.63) is 71.3 Å². The number of hydrogen-bond acceptors (Lipinski definition) is 4. The van der Waals surface area contributed by atoms with Crippen LogP contribution in [0.2, 0.25) is 0 Å². The molecule has 0 unspecified atom stereocenters. The number of benzene rings is 2. The van der Waals surface area contributed by atoms with Gasteiger partial charge in [-0.25, -0.2) is 4.39 Å². The van der Waals surface area contributed by atoms with E-state index >= 15 is 0 Å². The SMILES string of the molecule is CCCCC(=O)N[C@@H](C)c1nnc(SCc2ccc(F)cc2)n1-c1ccc(C)cc1. The Labute approximate surface area is 181 Å². The molecule has 1 atom stereocenters. The molecule has 0 bridgehead atoms. The molecule has 5 nitrogen and oxygen atoms in total. The lowest BCUT2D eigenvalue weighted by Crippen LogP contribution is -2.28. The molecule has 1 aromatic heterocycles. The van der Waals surface area contributed by atoms with Gasteiger partial charge in [0.1, 0.15) is 5.82 Å². The zero-order valence-corrected chi connectivity index (χ0v) is 18.4. The van der Waals surface area contributed by atoms with Gasteiger partial charge in [0.25, 0.3) is 0 Å². The molecule has 0 aliphatic rings. The number of nitrogens with zero attached hydrogens (tertiary/aromatic N) is 3. The van der Waals surface area contributed by atoms with Crippen LogP contribution in [0.1, 0.15) is 56.1 Å². The largest absolute Gasteiger partial charge is 0.346 e. The van der Waals surface area contributed by atoms with Crippen LogP contribution in [0.3, 0.4) is 0 Å². The summed E-state index contributed by atoms with van der Waals surface area (Å²) in [7, 11) is 0. The first kappa shape index (κ1) is 22.0. The number of aromatic nitrogens is 3. The van der Waals surface area contributed by atoms with Gasteiger partial charge in [0.05, 0.1) is 6.04 Å². The minimum Gasteiger partial charge on any atom is -0.346 e. The van der Waals surface area contributed by atoms with E-state index < -0.39 is 0 Å². The van der Waals surface area contributed by atoms with Crippen molar-refractivity contribution in [3.8, 4) is 5.69 Å². The van der Waals surface area contributed by atoms with Crippen molar-refractivity contribution < 1.29 is 9.18 Å². The summed E-state index contributed by atoms with van der Waals surface area (Å²) in [6, 6.07) is 14.3. The number of halogens is 1. The highest BCUT2D eigenvalue weighted by Crippen LogP contribution is 2.28. The van der Waals surface area contributed by atoms with E-state index in [-0.39, 0.29) is 17.8 Å². The molecule has 158 valence electrons. The molecule has 0 saturated carbocycles. The first-order chi connectivity index (χ1) is 14.5. The van der Waals surface area contributed by atoms with Gasteiger partial charge in [0.2, 0.25) is 5.91 Å². The third-order valence-electron chi connectivity index (χ3n) is 4.75. The van der Waals surface area contributed by atoms with Crippen LogP contribution < -0.4 is 5.32 Å². The van der Waals surface area contributed by atoms with Gasteiger partial charge < -0.3 is 5.32 Å². The Morgan fingerprint density at radius 1 is 1.13 bits per heavy atom. The number of nitrogens with one attached hydrogen (secondary N) is 1. The number of hydrogen-bond donors (Lipinski definition) is 1. The van der Waals surface area contributed by atoms with Gasteiger partial charge in [-0.2, -0.15) is 0 Å². The summed E-state index contributed by atoms with van der Waals surface area (Å²) in [5.74, 6) is 1.09. The molecule has 0 saturated heterocycles. The predicted octanol–water partition coefficient (Wildman–Crippen LogP) is 5.37. The molecule has 2 aromatic carbocycles. The third-order valence-corrected chi connectivity index (χ3v) is 5.75. The number of thioether (sulfide) groups is 1. The lowest BCUT2D eigenvalue weighted by molar-refractivity contribution is -0.121. The molecule has 7 heteroatoms. The molecule has 0 aliphatic carbocycles. The molecule has 0 aliphatic heterocycles. The molecule has 0 radical (unpaired) electrons. The van der Waals surface area contributed by atoms with Crippen LogP contribution in [0, 0.1) is 12.7 Å². The summed E-state index contributed by atoms with van der Waals surface area (Å²) in [6.45, 7) is 6.03. The van der Waals surface area contributed by atoms with Crippen molar-refractivity contribution in [2.24, 2.45) is 0 Å². The Bertz CT molecular complexity index is 970. The van der Waals surface area contributed by atoms with Gasteiger partial charge in [-0.05, 0) is 50.1 Å². The van der Waals surface area contributed by atoms with Gasteiger partial charge >= 0.3 is 0 Å². The van der Waals surface area contributed by atoms with Gasteiger partial charge in [-0.15, -0.1) is 10.2 Å². The molecule has 1 N–H and O–H groups in total. The highest BCUT2D eigenvalue weighted by molar-refractivity contribution is 7.98. The number of rotatable bonds is 9. The van der Waals surface area contributed by atoms with Gasteiger partial charge in [-0.1, -0.05) is 54.9 Å². The molecular weight excluding hydrogens is 399 g/mol. The Balaban J connectivity index is 1.85. The lowest BCUT2D eigenvalue weighted by atomic mass is 10.2. The van der Waals surface area contributed by atoms with Crippen molar-refractivity contribution in [2.45, 2.75) is 57.0 Å². The van der Waals surface area contributed by atoms with Crippen molar-refractivity contribution in [3.63, 3.8) is 0 Å². The number of aryl methyl sites for hydroxylation is 1. The maximum absolute atomic E-state index is 13.2. The van der Waals surface area contributed by atoms with E-state index in [9.17, 15) is 9.18 Å². The highest BCUT2D eigenvalue weighted by Gasteiger charge is 2.21. The zero-order chi connectivity index (χ0) is 21.5. The summed E-state index contributed by atoms with van der Waals surface area (Å²) < 4.78 is 15.2. The minimum atomic E-state index is -0.275. The average Bonchev–Trinajstić information content (AvgIpc) is 3.16. The van der Waals surface area contributed by atoms with Crippen molar-refractivity contribution in [1.82, 2.24) is 20.1 Å². The molecule has 1 amide bonds. The van der Waals surface area contributed by atoms with Crippen LogP contribution >= 0.6 is 11.8 Å². The van der Waals surface area contributed by atoms with Gasteiger partial charge in [0.15, 0.2) is 11.0 Å². The first-order valence-corrected chi connectivity index (χ1v) is 11.2. The van der Waals surface area contributed by atoms with E-state index in [2.05, 4.69) is 22.4 Å². The van der Waals surface area contributed by atoms with Crippen molar-refractivity contribution in [1.29, 1.82) is 0 Å². The normalized spacial score (nSPS) is 12.0. The Morgan fingerprint density at radius 2 is 1.83 bits per heavy atom. The molecule has 3 rings (SSSR count). The molecule has 3 aromatic rings. The zero-order valence-electron chi connectivity index (χ0n) is 17.6. The van der Waals surface area contributed by atoms with E-state index in [1.54, 1.807) is 12.1 Å². The Morgan fingerprint density at radius 3 is 2.50 bits per heavy atom. The molecular formula is C23H27FN4OS. The highest BCUT2D eigenvalue weighted by atomic mass is 32.2. The van der Waals surface area contributed by atoms with E-state index in [1.807, 2.05) is 42.7 Å². The van der Waals surface area contributed by atoms with Crippen molar-refractivity contribution >= 4 is 17.7 Å². The molecule has 30 heavy (non-hydrogen) atoms. The first-order valence-electron chi connectivity index (χ1n) is 10.2. The van der Waals surface area contributed by atoms with E-state index in [1.165, 1.54) is 23.9 Å². The van der Waals surface area contributed by atoms with Gasteiger partial charge in [-0.3, -0.25) is 9.36 Å². The third kappa shape index (κ3) is 5.69. The Hall–Kier alpha value is -2.67. The predicted molar refractivity (Wildman–Crippen MR) is 118 cm³/mol. The van der Waals surface area contributed by atoms with Crippen LogP contribution in [-0.2, 0) is 10.5 Å².